The quantitative estimate of drug-likeness (QED) is 0.503. The van der Waals surface area contributed by atoms with Crippen LogP contribution in [0.1, 0.15) is 43.2 Å². The molecule has 0 N–H and O–H groups in total. The van der Waals surface area contributed by atoms with Gasteiger partial charge in [-0.25, -0.2) is 0 Å². The molecule has 2 rings (SSSR count). The number of alkyl halides is 4. The highest BCUT2D eigenvalue weighted by Gasteiger charge is 2.30. The summed E-state index contributed by atoms with van der Waals surface area (Å²) >= 11 is 6.22. The molecule has 0 aromatic heterocycles. The van der Waals surface area contributed by atoms with Crippen LogP contribution in [-0.2, 0) is 12.6 Å². The van der Waals surface area contributed by atoms with Gasteiger partial charge in [0, 0.05) is 5.38 Å². The topological polar surface area (TPSA) is 0 Å². The standard InChI is InChI=1S/C15H18ClF3/c16-14-4-2-1-3-12(10-14)9-11-5-7-13(8-6-11)15(17,18)19/h5-8,12,14H,1-4,9-10H2. The fraction of sp³-hybridized carbons (Fsp3) is 0.600. The smallest absolute Gasteiger partial charge is 0.166 e. The van der Waals surface area contributed by atoms with E-state index in [9.17, 15) is 13.2 Å². The first kappa shape index (κ1) is 14.7. The predicted molar refractivity (Wildman–Crippen MR) is 71.4 cm³/mol. The van der Waals surface area contributed by atoms with Crippen LogP contribution in [-0.4, -0.2) is 5.38 Å². The van der Waals surface area contributed by atoms with Crippen LogP contribution in [0.2, 0.25) is 0 Å². The molecule has 1 aliphatic carbocycles. The molecule has 1 aromatic rings. The van der Waals surface area contributed by atoms with Gasteiger partial charge in [-0.15, -0.1) is 11.6 Å². The van der Waals surface area contributed by atoms with Gasteiger partial charge in [0.15, 0.2) is 0 Å². The van der Waals surface area contributed by atoms with Crippen LogP contribution in [0.4, 0.5) is 13.2 Å². The molecule has 2 unspecified atom stereocenters. The molecule has 1 saturated carbocycles. The van der Waals surface area contributed by atoms with Crippen LogP contribution in [0.3, 0.4) is 0 Å². The van der Waals surface area contributed by atoms with Crippen molar-refractivity contribution in [1.29, 1.82) is 0 Å². The molecule has 0 nitrogen and oxygen atoms in total. The first-order valence-corrected chi connectivity index (χ1v) is 7.19. The second kappa shape index (κ2) is 6.17. The van der Waals surface area contributed by atoms with Crippen molar-refractivity contribution in [2.24, 2.45) is 5.92 Å². The Morgan fingerprint density at radius 1 is 1.05 bits per heavy atom. The number of hydrogen-bond acceptors (Lipinski definition) is 0. The van der Waals surface area contributed by atoms with Gasteiger partial charge in [-0.05, 0) is 42.9 Å². The molecule has 1 aliphatic rings. The van der Waals surface area contributed by atoms with Crippen LogP contribution >= 0.6 is 11.6 Å². The maximum absolute atomic E-state index is 12.5. The van der Waals surface area contributed by atoms with E-state index in [-0.39, 0.29) is 5.38 Å². The third-order valence-corrected chi connectivity index (χ3v) is 4.17. The van der Waals surface area contributed by atoms with Gasteiger partial charge in [0.1, 0.15) is 0 Å². The SMILES string of the molecule is FC(F)(F)c1ccc(CC2CCCCC(Cl)C2)cc1. The fourth-order valence-electron chi connectivity index (χ4n) is 2.74. The molecule has 0 aliphatic heterocycles. The molecule has 106 valence electrons. The summed E-state index contributed by atoms with van der Waals surface area (Å²) in [4.78, 5) is 0. The largest absolute Gasteiger partial charge is 0.416 e. The Hall–Kier alpha value is -0.700. The molecule has 0 bridgehead atoms. The fourth-order valence-corrected chi connectivity index (χ4v) is 3.15. The Kier molecular flexibility index (Phi) is 4.77. The minimum absolute atomic E-state index is 0.224. The van der Waals surface area contributed by atoms with E-state index in [0.29, 0.717) is 5.92 Å². The van der Waals surface area contributed by atoms with Gasteiger partial charge in [-0.2, -0.15) is 13.2 Å². The molecular weight excluding hydrogens is 273 g/mol. The lowest BCUT2D eigenvalue weighted by atomic mass is 9.92. The summed E-state index contributed by atoms with van der Waals surface area (Å²) in [5, 5.41) is 0.224. The van der Waals surface area contributed by atoms with Crippen molar-refractivity contribution < 1.29 is 13.2 Å². The van der Waals surface area contributed by atoms with E-state index >= 15 is 0 Å². The van der Waals surface area contributed by atoms with E-state index in [4.69, 9.17) is 11.6 Å². The summed E-state index contributed by atoms with van der Waals surface area (Å²) in [6.07, 6.45) is 2.09. The van der Waals surface area contributed by atoms with Gasteiger partial charge in [-0.1, -0.05) is 31.4 Å². The Bertz CT molecular complexity index is 397. The van der Waals surface area contributed by atoms with E-state index < -0.39 is 11.7 Å². The van der Waals surface area contributed by atoms with Crippen molar-refractivity contribution in [2.45, 2.75) is 50.1 Å². The van der Waals surface area contributed by atoms with Crippen LogP contribution in [0, 0.1) is 5.92 Å². The summed E-state index contributed by atoms with van der Waals surface area (Å²) in [5.74, 6) is 0.502. The van der Waals surface area contributed by atoms with E-state index in [1.54, 1.807) is 12.1 Å². The van der Waals surface area contributed by atoms with Crippen molar-refractivity contribution in [1.82, 2.24) is 0 Å². The van der Waals surface area contributed by atoms with E-state index in [1.807, 2.05) is 0 Å². The molecule has 0 saturated heterocycles. The lowest BCUT2D eigenvalue weighted by Crippen LogP contribution is -2.09. The third-order valence-electron chi connectivity index (χ3n) is 3.77. The summed E-state index contributed by atoms with van der Waals surface area (Å²) in [5.41, 5.74) is 0.399. The highest BCUT2D eigenvalue weighted by atomic mass is 35.5. The third kappa shape index (κ3) is 4.41. The number of halogens is 4. The lowest BCUT2D eigenvalue weighted by Gasteiger charge is -2.16. The van der Waals surface area contributed by atoms with Gasteiger partial charge in [0.25, 0.3) is 0 Å². The molecule has 1 fully saturated rings. The van der Waals surface area contributed by atoms with Gasteiger partial charge >= 0.3 is 6.18 Å². The Morgan fingerprint density at radius 3 is 2.32 bits per heavy atom. The van der Waals surface area contributed by atoms with Crippen molar-refractivity contribution in [3.05, 3.63) is 35.4 Å². The normalized spacial score (nSPS) is 25.1. The van der Waals surface area contributed by atoms with Gasteiger partial charge in [-0.3, -0.25) is 0 Å². The van der Waals surface area contributed by atoms with Crippen molar-refractivity contribution >= 4 is 11.6 Å². The Balaban J connectivity index is 1.99. The van der Waals surface area contributed by atoms with Crippen molar-refractivity contribution in [2.75, 3.05) is 0 Å². The van der Waals surface area contributed by atoms with E-state index in [0.717, 1.165) is 37.7 Å². The van der Waals surface area contributed by atoms with E-state index in [1.165, 1.54) is 18.6 Å². The molecule has 1 aromatic carbocycles. The molecule has 0 heterocycles. The predicted octanol–water partition coefficient (Wildman–Crippen LogP) is 5.44. The van der Waals surface area contributed by atoms with Crippen LogP contribution in [0.25, 0.3) is 0 Å². The minimum atomic E-state index is -4.25. The van der Waals surface area contributed by atoms with Crippen LogP contribution < -0.4 is 0 Å². The second-order valence-corrected chi connectivity index (χ2v) is 6.00. The summed E-state index contributed by atoms with van der Waals surface area (Å²) in [6, 6.07) is 5.53. The van der Waals surface area contributed by atoms with Gasteiger partial charge in [0.2, 0.25) is 0 Å². The average molecular weight is 291 g/mol. The van der Waals surface area contributed by atoms with Crippen LogP contribution in [0.15, 0.2) is 24.3 Å². The highest BCUT2D eigenvalue weighted by Crippen LogP contribution is 2.31. The Labute approximate surface area is 117 Å². The summed E-state index contributed by atoms with van der Waals surface area (Å²) in [7, 11) is 0. The van der Waals surface area contributed by atoms with Crippen molar-refractivity contribution in [3.8, 4) is 0 Å². The molecule has 4 heteroatoms. The second-order valence-electron chi connectivity index (χ2n) is 5.38. The molecule has 0 radical (unpaired) electrons. The van der Waals surface area contributed by atoms with Crippen molar-refractivity contribution in [3.63, 3.8) is 0 Å². The first-order valence-electron chi connectivity index (χ1n) is 6.75. The Morgan fingerprint density at radius 2 is 1.68 bits per heavy atom. The maximum Gasteiger partial charge on any atom is 0.416 e. The highest BCUT2D eigenvalue weighted by molar-refractivity contribution is 6.20. The first-order chi connectivity index (χ1) is 8.95. The number of benzene rings is 1. The zero-order valence-corrected chi connectivity index (χ0v) is 11.5. The maximum atomic E-state index is 12.5. The van der Waals surface area contributed by atoms with E-state index in [2.05, 4.69) is 0 Å². The monoisotopic (exact) mass is 290 g/mol. The summed E-state index contributed by atoms with van der Waals surface area (Å²) < 4.78 is 37.4. The van der Waals surface area contributed by atoms with Gasteiger partial charge < -0.3 is 0 Å². The zero-order valence-electron chi connectivity index (χ0n) is 10.7. The zero-order chi connectivity index (χ0) is 13.9. The number of rotatable bonds is 2. The number of hydrogen-bond donors (Lipinski definition) is 0. The summed E-state index contributed by atoms with van der Waals surface area (Å²) in [6.45, 7) is 0. The molecule has 2 atom stereocenters. The van der Waals surface area contributed by atoms with Crippen LogP contribution in [0.5, 0.6) is 0 Å². The average Bonchev–Trinajstić information content (AvgIpc) is 2.53. The lowest BCUT2D eigenvalue weighted by molar-refractivity contribution is -0.137. The van der Waals surface area contributed by atoms with Gasteiger partial charge in [0.05, 0.1) is 5.56 Å². The molecular formula is C15H18ClF3. The molecule has 19 heavy (non-hydrogen) atoms. The minimum Gasteiger partial charge on any atom is -0.166 e. The molecule has 0 spiro atoms. The molecule has 0 amide bonds.